The van der Waals surface area contributed by atoms with Gasteiger partial charge in [0.1, 0.15) is 5.69 Å². The van der Waals surface area contributed by atoms with E-state index in [-0.39, 0.29) is 0 Å². The van der Waals surface area contributed by atoms with Gasteiger partial charge in [-0.05, 0) is 34.7 Å². The van der Waals surface area contributed by atoms with Crippen LogP contribution in [0.3, 0.4) is 0 Å². The number of nitrogens with zero attached hydrogens (tertiary/aromatic N) is 2. The monoisotopic (exact) mass is 286 g/mol. The van der Waals surface area contributed by atoms with Gasteiger partial charge in [0, 0.05) is 16.7 Å². The molecule has 0 aliphatic rings. The average Bonchev–Trinajstić information content (AvgIpc) is 2.53. The minimum absolute atomic E-state index is 0.662. The molecule has 3 nitrogen and oxygen atoms in total. The van der Waals surface area contributed by atoms with E-state index < -0.39 is 0 Å². The van der Waals surface area contributed by atoms with Crippen LogP contribution in [0.5, 0.6) is 0 Å². The Morgan fingerprint density at radius 2 is 2.08 bits per heavy atom. The summed E-state index contributed by atoms with van der Waals surface area (Å²) in [5, 5.41) is 0. The third-order valence-electron chi connectivity index (χ3n) is 1.60. The zero-order valence-corrected chi connectivity index (χ0v) is 9.15. The molecule has 0 saturated carbocycles. The minimum atomic E-state index is 0.662. The summed E-state index contributed by atoms with van der Waals surface area (Å²) in [4.78, 5) is 8.23. The van der Waals surface area contributed by atoms with Gasteiger partial charge in [0.25, 0.3) is 0 Å². The molecule has 66 valence electrons. The normalized spacial score (nSPS) is 10.3. The first-order valence-corrected chi connectivity index (χ1v) is 4.88. The number of hydrogen-bond donors (Lipinski definition) is 0. The van der Waals surface area contributed by atoms with Crippen LogP contribution >= 0.6 is 22.6 Å². The smallest absolute Gasteiger partial charge is 0.191 e. The molecule has 2 aromatic rings. The molecule has 13 heavy (non-hydrogen) atoms. The van der Waals surface area contributed by atoms with Crippen molar-refractivity contribution >= 4 is 22.6 Å². The molecule has 0 fully saturated rings. The molecular formula is C9H7IN2O. The van der Waals surface area contributed by atoms with E-state index in [2.05, 4.69) is 32.6 Å². The maximum Gasteiger partial charge on any atom is 0.191 e. The summed E-state index contributed by atoms with van der Waals surface area (Å²) in [7, 11) is 0. The van der Waals surface area contributed by atoms with E-state index in [0.717, 1.165) is 9.26 Å². The Labute approximate surface area is 89.3 Å². The molecule has 0 aromatic carbocycles. The maximum absolute atomic E-state index is 5.33. The van der Waals surface area contributed by atoms with Crippen molar-refractivity contribution in [1.29, 1.82) is 0 Å². The van der Waals surface area contributed by atoms with Crippen molar-refractivity contribution < 1.29 is 4.42 Å². The van der Waals surface area contributed by atoms with Crippen LogP contribution in [0.2, 0.25) is 0 Å². The Hall–Kier alpha value is -0.910. The maximum atomic E-state index is 5.33. The zero-order valence-electron chi connectivity index (χ0n) is 6.99. The second-order valence-corrected chi connectivity index (χ2v) is 3.85. The van der Waals surface area contributed by atoms with Gasteiger partial charge >= 0.3 is 0 Å². The lowest BCUT2D eigenvalue weighted by molar-refractivity contribution is 0.532. The predicted octanol–water partition coefficient (Wildman–Crippen LogP) is 2.65. The first-order valence-electron chi connectivity index (χ1n) is 3.80. The molecule has 0 radical (unpaired) electrons. The van der Waals surface area contributed by atoms with E-state index in [9.17, 15) is 0 Å². The van der Waals surface area contributed by atoms with Gasteiger partial charge in [-0.1, -0.05) is 0 Å². The van der Waals surface area contributed by atoms with Gasteiger partial charge in [-0.15, -0.1) is 0 Å². The molecule has 0 atom stereocenters. The summed E-state index contributed by atoms with van der Waals surface area (Å²) in [6.07, 6.45) is 3.48. The summed E-state index contributed by atoms with van der Waals surface area (Å²) in [5.74, 6) is 1.38. The van der Waals surface area contributed by atoms with Gasteiger partial charge in [0.2, 0.25) is 0 Å². The lowest BCUT2D eigenvalue weighted by Crippen LogP contribution is -1.80. The van der Waals surface area contributed by atoms with Crippen LogP contribution in [0.4, 0.5) is 0 Å². The van der Waals surface area contributed by atoms with E-state index in [4.69, 9.17) is 4.42 Å². The number of hydrogen-bond acceptors (Lipinski definition) is 3. The highest BCUT2D eigenvalue weighted by molar-refractivity contribution is 14.1. The number of pyridine rings is 1. The van der Waals surface area contributed by atoms with Crippen LogP contribution in [0.25, 0.3) is 11.5 Å². The van der Waals surface area contributed by atoms with Crippen molar-refractivity contribution in [2.24, 2.45) is 0 Å². The lowest BCUT2D eigenvalue weighted by Gasteiger charge is -1.94. The van der Waals surface area contributed by atoms with Crippen LogP contribution in [-0.2, 0) is 0 Å². The SMILES string of the molecule is Cc1ncc(-c2ccc(I)cn2)o1. The standard InChI is InChI=1S/C9H7IN2O/c1-6-11-5-9(13-6)8-3-2-7(10)4-12-8/h2-5H,1H3. The Bertz CT molecular complexity index is 408. The van der Waals surface area contributed by atoms with E-state index in [0.29, 0.717) is 11.7 Å². The summed E-state index contributed by atoms with van der Waals surface area (Å²) < 4.78 is 6.44. The molecule has 0 amide bonds. The molecule has 0 saturated heterocycles. The van der Waals surface area contributed by atoms with E-state index >= 15 is 0 Å². The molecule has 0 spiro atoms. The highest BCUT2D eigenvalue weighted by Crippen LogP contribution is 2.17. The van der Waals surface area contributed by atoms with Gasteiger partial charge < -0.3 is 4.42 Å². The zero-order chi connectivity index (χ0) is 9.26. The third kappa shape index (κ3) is 1.88. The van der Waals surface area contributed by atoms with Crippen molar-refractivity contribution in [3.63, 3.8) is 0 Å². The summed E-state index contributed by atoms with van der Waals surface area (Å²) in [6.45, 7) is 1.82. The molecule has 0 unspecified atom stereocenters. The largest absolute Gasteiger partial charge is 0.439 e. The summed E-state index contributed by atoms with van der Waals surface area (Å²) in [5.41, 5.74) is 0.820. The number of oxazole rings is 1. The second kappa shape index (κ2) is 3.45. The van der Waals surface area contributed by atoms with Crippen molar-refractivity contribution in [3.05, 3.63) is 34.0 Å². The quantitative estimate of drug-likeness (QED) is 0.756. The van der Waals surface area contributed by atoms with Crippen molar-refractivity contribution in [3.8, 4) is 11.5 Å². The van der Waals surface area contributed by atoms with Crippen LogP contribution in [0, 0.1) is 10.5 Å². The summed E-state index contributed by atoms with van der Waals surface area (Å²) in [6, 6.07) is 3.91. The van der Waals surface area contributed by atoms with Gasteiger partial charge in [-0.3, -0.25) is 4.98 Å². The molecule has 2 heterocycles. The highest BCUT2D eigenvalue weighted by atomic mass is 127. The Kier molecular flexibility index (Phi) is 2.30. The number of aryl methyl sites for hydroxylation is 1. The van der Waals surface area contributed by atoms with E-state index in [1.54, 1.807) is 12.4 Å². The Morgan fingerprint density at radius 1 is 1.23 bits per heavy atom. The van der Waals surface area contributed by atoms with Gasteiger partial charge in [0.15, 0.2) is 11.7 Å². The highest BCUT2D eigenvalue weighted by Gasteiger charge is 2.03. The lowest BCUT2D eigenvalue weighted by atomic mass is 10.3. The number of aromatic nitrogens is 2. The van der Waals surface area contributed by atoms with Crippen molar-refractivity contribution in [1.82, 2.24) is 9.97 Å². The van der Waals surface area contributed by atoms with Crippen molar-refractivity contribution in [2.75, 3.05) is 0 Å². The first kappa shape index (κ1) is 8.68. The molecule has 2 rings (SSSR count). The van der Waals surface area contributed by atoms with E-state index in [1.165, 1.54) is 0 Å². The van der Waals surface area contributed by atoms with Crippen LogP contribution in [-0.4, -0.2) is 9.97 Å². The Morgan fingerprint density at radius 3 is 2.62 bits per heavy atom. The topological polar surface area (TPSA) is 38.9 Å². The van der Waals surface area contributed by atoms with Gasteiger partial charge in [0.05, 0.1) is 6.20 Å². The van der Waals surface area contributed by atoms with Crippen LogP contribution < -0.4 is 0 Å². The van der Waals surface area contributed by atoms with Gasteiger partial charge in [-0.2, -0.15) is 0 Å². The second-order valence-electron chi connectivity index (χ2n) is 2.61. The van der Waals surface area contributed by atoms with Crippen LogP contribution in [0.15, 0.2) is 28.9 Å². The first-order chi connectivity index (χ1) is 6.25. The molecule has 0 aliphatic carbocycles. The minimum Gasteiger partial charge on any atom is -0.439 e. The Balaban J connectivity index is 2.41. The van der Waals surface area contributed by atoms with Gasteiger partial charge in [-0.25, -0.2) is 4.98 Å². The fourth-order valence-corrected chi connectivity index (χ4v) is 1.32. The average molecular weight is 286 g/mol. The fraction of sp³-hybridized carbons (Fsp3) is 0.111. The number of halogens is 1. The number of rotatable bonds is 1. The van der Waals surface area contributed by atoms with E-state index in [1.807, 2.05) is 19.1 Å². The summed E-state index contributed by atoms with van der Waals surface area (Å²) >= 11 is 2.21. The molecule has 0 N–H and O–H groups in total. The molecular weight excluding hydrogens is 279 g/mol. The molecule has 0 aliphatic heterocycles. The fourth-order valence-electron chi connectivity index (χ4n) is 1.00. The van der Waals surface area contributed by atoms with Crippen LogP contribution in [0.1, 0.15) is 5.89 Å². The van der Waals surface area contributed by atoms with Crippen molar-refractivity contribution in [2.45, 2.75) is 6.92 Å². The molecule has 4 heteroatoms. The predicted molar refractivity (Wildman–Crippen MR) is 57.2 cm³/mol. The molecule has 2 aromatic heterocycles. The third-order valence-corrected chi connectivity index (χ3v) is 2.24. The molecule has 0 bridgehead atoms.